The van der Waals surface area contributed by atoms with E-state index in [1.54, 1.807) is 6.07 Å². The van der Waals surface area contributed by atoms with Gasteiger partial charge in [0.15, 0.2) is 5.82 Å². The maximum Gasteiger partial charge on any atom is 0.235 e. The van der Waals surface area contributed by atoms with Crippen LogP contribution in [-0.4, -0.2) is 4.98 Å². The molecule has 0 spiro atoms. The van der Waals surface area contributed by atoms with Crippen molar-refractivity contribution in [2.24, 2.45) is 5.84 Å². The molecule has 0 amide bonds. The van der Waals surface area contributed by atoms with Crippen molar-refractivity contribution in [1.82, 2.24) is 4.98 Å². The molecule has 1 aromatic heterocycles. The Kier molecular flexibility index (Phi) is 4.47. The number of nitrogen functional groups attached to an aromatic ring is 1. The summed E-state index contributed by atoms with van der Waals surface area (Å²) >= 11 is 12.0. The minimum absolute atomic E-state index is 0.182. The Morgan fingerprint density at radius 3 is 2.53 bits per heavy atom. The smallest absolute Gasteiger partial charge is 0.235 e. The minimum atomic E-state index is -0.182. The molecule has 0 fully saturated rings. The number of ether oxygens (including phenoxy) is 1. The minimum Gasteiger partial charge on any atom is -0.469 e. The molecule has 2 rings (SSSR count). The van der Waals surface area contributed by atoms with Gasteiger partial charge in [0.25, 0.3) is 0 Å². The maximum absolute atomic E-state index is 6.05. The topological polar surface area (TPSA) is 60.2 Å². The molecule has 1 heterocycles. The van der Waals surface area contributed by atoms with Crippen LogP contribution in [0.4, 0.5) is 5.82 Å². The third kappa shape index (κ3) is 3.29. The second-order valence-corrected chi connectivity index (χ2v) is 4.74. The van der Waals surface area contributed by atoms with E-state index in [4.69, 9.17) is 33.8 Å². The predicted octanol–water partition coefficient (Wildman–Crippen LogP) is 3.81. The van der Waals surface area contributed by atoms with Crippen LogP contribution < -0.4 is 16.0 Å². The van der Waals surface area contributed by atoms with Gasteiger partial charge in [0, 0.05) is 0 Å². The number of nitrogens with zero attached hydrogens (tertiary/aromatic N) is 1. The third-order valence-corrected chi connectivity index (χ3v) is 3.15. The molecule has 1 aromatic carbocycles. The number of nitrogens with one attached hydrogen (secondary N) is 1. The number of benzene rings is 1. The van der Waals surface area contributed by atoms with Crippen molar-refractivity contribution < 1.29 is 4.74 Å². The molecule has 1 atom stereocenters. The SMILES string of the molecule is CC(Oc1nc(NN)c(Cl)cc1Cl)c1ccccc1. The maximum atomic E-state index is 6.05. The highest BCUT2D eigenvalue weighted by Crippen LogP contribution is 2.32. The van der Waals surface area contributed by atoms with Gasteiger partial charge in [0.1, 0.15) is 11.1 Å². The average Bonchev–Trinajstić information content (AvgIpc) is 2.42. The fourth-order valence-corrected chi connectivity index (χ4v) is 2.05. The van der Waals surface area contributed by atoms with Crippen LogP contribution in [0.3, 0.4) is 0 Å². The summed E-state index contributed by atoms with van der Waals surface area (Å²) in [4.78, 5) is 4.13. The molecule has 3 N–H and O–H groups in total. The van der Waals surface area contributed by atoms with Crippen LogP contribution in [0.25, 0.3) is 0 Å². The summed E-state index contributed by atoms with van der Waals surface area (Å²) < 4.78 is 5.73. The number of hydrazine groups is 1. The van der Waals surface area contributed by atoms with Crippen LogP contribution >= 0.6 is 23.2 Å². The van der Waals surface area contributed by atoms with Gasteiger partial charge in [-0.05, 0) is 18.6 Å². The van der Waals surface area contributed by atoms with E-state index in [1.165, 1.54) is 0 Å². The number of pyridine rings is 1. The van der Waals surface area contributed by atoms with Crippen molar-refractivity contribution in [2.75, 3.05) is 5.43 Å². The fraction of sp³-hybridized carbons (Fsp3) is 0.154. The molecule has 0 radical (unpaired) electrons. The second kappa shape index (κ2) is 6.10. The van der Waals surface area contributed by atoms with E-state index in [2.05, 4.69) is 10.4 Å². The van der Waals surface area contributed by atoms with Crippen LogP contribution in [-0.2, 0) is 0 Å². The number of halogens is 2. The number of rotatable bonds is 4. The van der Waals surface area contributed by atoms with Gasteiger partial charge in [-0.1, -0.05) is 53.5 Å². The number of nitrogens with two attached hydrogens (primary N) is 1. The van der Waals surface area contributed by atoms with Gasteiger partial charge < -0.3 is 10.2 Å². The summed E-state index contributed by atoms with van der Waals surface area (Å²) in [5, 5.41) is 0.680. The van der Waals surface area contributed by atoms with E-state index in [-0.39, 0.29) is 12.0 Å². The lowest BCUT2D eigenvalue weighted by atomic mass is 10.1. The van der Waals surface area contributed by atoms with Crippen molar-refractivity contribution in [3.05, 3.63) is 52.0 Å². The molecule has 0 bridgehead atoms. The highest BCUT2D eigenvalue weighted by Gasteiger charge is 2.13. The molecule has 4 nitrogen and oxygen atoms in total. The van der Waals surface area contributed by atoms with Gasteiger partial charge in [0.05, 0.1) is 5.02 Å². The van der Waals surface area contributed by atoms with Crippen LogP contribution in [0.2, 0.25) is 10.0 Å². The van der Waals surface area contributed by atoms with Gasteiger partial charge in [-0.25, -0.2) is 5.84 Å². The van der Waals surface area contributed by atoms with E-state index in [9.17, 15) is 0 Å². The number of hydrogen-bond donors (Lipinski definition) is 2. The molecule has 0 aliphatic rings. The van der Waals surface area contributed by atoms with Crippen molar-refractivity contribution >= 4 is 29.0 Å². The van der Waals surface area contributed by atoms with E-state index in [1.807, 2.05) is 37.3 Å². The Labute approximate surface area is 121 Å². The van der Waals surface area contributed by atoms with Crippen LogP contribution in [0.1, 0.15) is 18.6 Å². The molecular weight excluding hydrogens is 285 g/mol. The summed E-state index contributed by atoms with van der Waals surface area (Å²) in [6.07, 6.45) is -0.182. The average molecular weight is 298 g/mol. The summed E-state index contributed by atoms with van der Waals surface area (Å²) in [6.45, 7) is 1.91. The Balaban J connectivity index is 2.24. The highest BCUT2D eigenvalue weighted by molar-refractivity contribution is 6.36. The first-order valence-electron chi connectivity index (χ1n) is 5.66. The van der Waals surface area contributed by atoms with Crippen molar-refractivity contribution in [1.29, 1.82) is 0 Å². The Bertz CT molecular complexity index is 563. The molecule has 0 saturated carbocycles. The standard InChI is InChI=1S/C13H13Cl2N3O/c1-8(9-5-3-2-4-6-9)19-13-11(15)7-10(14)12(17-13)18-16/h2-8H,16H2,1H3,(H,17,18). The van der Waals surface area contributed by atoms with Gasteiger partial charge in [-0.15, -0.1) is 0 Å². The molecule has 19 heavy (non-hydrogen) atoms. The van der Waals surface area contributed by atoms with Gasteiger partial charge in [-0.2, -0.15) is 4.98 Å². The molecular formula is C13H13Cl2N3O. The second-order valence-electron chi connectivity index (χ2n) is 3.92. The Hall–Kier alpha value is -1.49. The Morgan fingerprint density at radius 2 is 1.89 bits per heavy atom. The van der Waals surface area contributed by atoms with Crippen LogP contribution in [0.5, 0.6) is 5.88 Å². The van der Waals surface area contributed by atoms with Crippen LogP contribution in [0.15, 0.2) is 36.4 Å². The summed E-state index contributed by atoms with van der Waals surface area (Å²) in [6, 6.07) is 11.3. The summed E-state index contributed by atoms with van der Waals surface area (Å²) in [5.74, 6) is 5.92. The third-order valence-electron chi connectivity index (χ3n) is 2.59. The van der Waals surface area contributed by atoms with Crippen molar-refractivity contribution in [3.8, 4) is 5.88 Å². The number of anilines is 1. The number of hydrogen-bond acceptors (Lipinski definition) is 4. The first-order valence-corrected chi connectivity index (χ1v) is 6.41. The molecule has 0 aliphatic heterocycles. The molecule has 6 heteroatoms. The van der Waals surface area contributed by atoms with Gasteiger partial charge >= 0.3 is 0 Å². The van der Waals surface area contributed by atoms with Gasteiger partial charge in [0.2, 0.25) is 5.88 Å². The lowest BCUT2D eigenvalue weighted by Crippen LogP contribution is -2.11. The lowest BCUT2D eigenvalue weighted by molar-refractivity contribution is 0.218. The number of aromatic nitrogens is 1. The fourth-order valence-electron chi connectivity index (χ4n) is 1.59. The van der Waals surface area contributed by atoms with Crippen molar-refractivity contribution in [3.63, 3.8) is 0 Å². The zero-order chi connectivity index (χ0) is 13.8. The molecule has 100 valence electrons. The van der Waals surface area contributed by atoms with Crippen molar-refractivity contribution in [2.45, 2.75) is 13.0 Å². The van der Waals surface area contributed by atoms with E-state index < -0.39 is 0 Å². The first kappa shape index (κ1) is 13.9. The molecule has 2 aromatic rings. The van der Waals surface area contributed by atoms with E-state index >= 15 is 0 Å². The molecule has 0 aliphatic carbocycles. The molecule has 1 unspecified atom stereocenters. The van der Waals surface area contributed by atoms with Crippen LogP contribution in [0, 0.1) is 0 Å². The zero-order valence-electron chi connectivity index (χ0n) is 10.2. The Morgan fingerprint density at radius 1 is 1.21 bits per heavy atom. The predicted molar refractivity (Wildman–Crippen MR) is 77.6 cm³/mol. The van der Waals surface area contributed by atoms with E-state index in [0.717, 1.165) is 5.56 Å². The summed E-state index contributed by atoms with van der Waals surface area (Å²) in [5.41, 5.74) is 3.42. The normalized spacial score (nSPS) is 12.0. The largest absolute Gasteiger partial charge is 0.469 e. The lowest BCUT2D eigenvalue weighted by Gasteiger charge is -2.16. The molecule has 0 saturated heterocycles. The zero-order valence-corrected chi connectivity index (χ0v) is 11.7. The monoisotopic (exact) mass is 297 g/mol. The first-order chi connectivity index (χ1) is 9.11. The van der Waals surface area contributed by atoms with E-state index in [0.29, 0.717) is 15.9 Å². The summed E-state index contributed by atoms with van der Waals surface area (Å²) in [7, 11) is 0. The highest BCUT2D eigenvalue weighted by atomic mass is 35.5. The quantitative estimate of drug-likeness (QED) is 0.665. The van der Waals surface area contributed by atoms with Gasteiger partial charge in [-0.3, -0.25) is 0 Å².